The van der Waals surface area contributed by atoms with Gasteiger partial charge in [0.25, 0.3) is 5.91 Å². The van der Waals surface area contributed by atoms with Gasteiger partial charge in [-0.2, -0.15) is 0 Å². The molecule has 1 fully saturated rings. The third-order valence-electron chi connectivity index (χ3n) is 3.71. The fraction of sp³-hybridized carbons (Fsp3) is 0.500. The second kappa shape index (κ2) is 5.48. The molecule has 1 saturated carbocycles. The highest BCUT2D eigenvalue weighted by molar-refractivity contribution is 5.94. The zero-order valence-electron chi connectivity index (χ0n) is 10.3. The van der Waals surface area contributed by atoms with Crippen molar-refractivity contribution in [1.82, 2.24) is 5.32 Å². The van der Waals surface area contributed by atoms with E-state index in [2.05, 4.69) is 5.32 Å². The van der Waals surface area contributed by atoms with E-state index in [1.165, 1.54) is 18.2 Å². The van der Waals surface area contributed by atoms with E-state index in [-0.39, 0.29) is 17.9 Å². The number of carbonyl (C=O) groups excluding carboxylic acids is 1. The Labute approximate surface area is 106 Å². The Morgan fingerprint density at radius 1 is 1.39 bits per heavy atom. The van der Waals surface area contributed by atoms with Gasteiger partial charge in [0, 0.05) is 17.5 Å². The molecule has 1 aliphatic rings. The predicted octanol–water partition coefficient (Wildman–Crippen LogP) is 2.11. The number of amides is 1. The van der Waals surface area contributed by atoms with Crippen LogP contribution in [0.25, 0.3) is 0 Å². The summed E-state index contributed by atoms with van der Waals surface area (Å²) in [5.41, 5.74) is 0.143. The number of halogens is 1. The second-order valence-corrected chi connectivity index (χ2v) is 5.06. The highest BCUT2D eigenvalue weighted by Crippen LogP contribution is 2.36. The van der Waals surface area contributed by atoms with Crippen LogP contribution >= 0.6 is 0 Å². The van der Waals surface area contributed by atoms with Crippen LogP contribution in [0, 0.1) is 11.2 Å². The van der Waals surface area contributed by atoms with E-state index in [1.54, 1.807) is 6.07 Å². The second-order valence-electron chi connectivity index (χ2n) is 5.06. The quantitative estimate of drug-likeness (QED) is 0.861. The van der Waals surface area contributed by atoms with Crippen molar-refractivity contribution in [1.29, 1.82) is 0 Å². The lowest BCUT2D eigenvalue weighted by atomic mass is 9.87. The molecule has 0 aromatic heterocycles. The Morgan fingerprint density at radius 3 is 2.72 bits per heavy atom. The summed E-state index contributed by atoms with van der Waals surface area (Å²) in [5, 5.41) is 12.2. The molecule has 1 amide bonds. The van der Waals surface area contributed by atoms with Crippen molar-refractivity contribution in [2.24, 2.45) is 5.41 Å². The van der Waals surface area contributed by atoms with Crippen LogP contribution in [-0.2, 0) is 0 Å². The van der Waals surface area contributed by atoms with Gasteiger partial charge in [-0.05, 0) is 31.0 Å². The van der Waals surface area contributed by atoms with Gasteiger partial charge in [0.05, 0.1) is 6.61 Å². The van der Waals surface area contributed by atoms with Crippen LogP contribution in [0.5, 0.6) is 0 Å². The summed E-state index contributed by atoms with van der Waals surface area (Å²) in [6.07, 6.45) is 4.06. The topological polar surface area (TPSA) is 49.3 Å². The molecular weight excluding hydrogens is 233 g/mol. The number of rotatable bonds is 4. The Bertz CT molecular complexity index is 428. The molecule has 3 nitrogen and oxygen atoms in total. The zero-order chi connectivity index (χ0) is 13.0. The van der Waals surface area contributed by atoms with E-state index in [4.69, 9.17) is 0 Å². The van der Waals surface area contributed by atoms with Crippen molar-refractivity contribution >= 4 is 5.91 Å². The molecule has 0 bridgehead atoms. The number of aliphatic hydroxyl groups is 1. The van der Waals surface area contributed by atoms with Gasteiger partial charge in [0.2, 0.25) is 0 Å². The van der Waals surface area contributed by atoms with E-state index >= 15 is 0 Å². The number of hydrogen-bond donors (Lipinski definition) is 2. The molecular formula is C14H18FNO2. The normalized spacial score (nSPS) is 17.7. The summed E-state index contributed by atoms with van der Waals surface area (Å²) in [6.45, 7) is 0.551. The van der Waals surface area contributed by atoms with Crippen molar-refractivity contribution in [3.8, 4) is 0 Å². The van der Waals surface area contributed by atoms with Gasteiger partial charge in [-0.15, -0.1) is 0 Å². The lowest BCUT2D eigenvalue weighted by Gasteiger charge is -2.26. The molecule has 0 atom stereocenters. The molecule has 1 aromatic rings. The maximum absolute atomic E-state index is 13.0. The molecule has 0 heterocycles. The number of benzene rings is 1. The van der Waals surface area contributed by atoms with Crippen molar-refractivity contribution in [2.75, 3.05) is 13.2 Å². The Kier molecular flexibility index (Phi) is 3.97. The van der Waals surface area contributed by atoms with Crippen LogP contribution < -0.4 is 5.32 Å². The predicted molar refractivity (Wildman–Crippen MR) is 66.7 cm³/mol. The largest absolute Gasteiger partial charge is 0.396 e. The first kappa shape index (κ1) is 13.0. The first-order valence-corrected chi connectivity index (χ1v) is 6.30. The average molecular weight is 251 g/mol. The molecule has 2 N–H and O–H groups in total. The van der Waals surface area contributed by atoms with Gasteiger partial charge in [-0.25, -0.2) is 4.39 Å². The molecule has 0 unspecified atom stereocenters. The molecule has 18 heavy (non-hydrogen) atoms. The van der Waals surface area contributed by atoms with Gasteiger partial charge in [-0.1, -0.05) is 18.9 Å². The van der Waals surface area contributed by atoms with E-state index in [0.717, 1.165) is 25.7 Å². The molecule has 2 rings (SSSR count). The Hall–Kier alpha value is -1.42. The fourth-order valence-electron chi connectivity index (χ4n) is 2.52. The minimum Gasteiger partial charge on any atom is -0.396 e. The first-order valence-electron chi connectivity index (χ1n) is 6.30. The van der Waals surface area contributed by atoms with Crippen LogP contribution in [0.1, 0.15) is 36.0 Å². The van der Waals surface area contributed by atoms with Gasteiger partial charge in [0.1, 0.15) is 5.82 Å². The van der Waals surface area contributed by atoms with Gasteiger partial charge in [0.15, 0.2) is 0 Å². The molecule has 0 aliphatic heterocycles. The first-order chi connectivity index (χ1) is 8.65. The summed E-state index contributed by atoms with van der Waals surface area (Å²) in [4.78, 5) is 11.9. The van der Waals surface area contributed by atoms with Crippen LogP contribution in [0.15, 0.2) is 24.3 Å². The SMILES string of the molecule is O=C(NCC1(CO)CCCC1)c1cccc(F)c1. The fourth-order valence-corrected chi connectivity index (χ4v) is 2.52. The average Bonchev–Trinajstić information content (AvgIpc) is 2.85. The third-order valence-corrected chi connectivity index (χ3v) is 3.71. The number of carbonyl (C=O) groups is 1. The highest BCUT2D eigenvalue weighted by atomic mass is 19.1. The van der Waals surface area contributed by atoms with Crippen LogP contribution in [0.2, 0.25) is 0 Å². The summed E-state index contributed by atoms with van der Waals surface area (Å²) < 4.78 is 13.0. The maximum Gasteiger partial charge on any atom is 0.251 e. The van der Waals surface area contributed by atoms with Gasteiger partial charge >= 0.3 is 0 Å². The zero-order valence-corrected chi connectivity index (χ0v) is 10.3. The standard InChI is InChI=1S/C14H18FNO2/c15-12-5-3-4-11(8-12)13(18)16-9-14(10-17)6-1-2-7-14/h3-5,8,17H,1-2,6-7,9-10H2,(H,16,18). The highest BCUT2D eigenvalue weighted by Gasteiger charge is 2.33. The molecule has 0 saturated heterocycles. The van der Waals surface area contributed by atoms with E-state index in [9.17, 15) is 14.3 Å². The van der Waals surface area contributed by atoms with Crippen molar-refractivity contribution in [3.05, 3.63) is 35.6 Å². The Morgan fingerprint density at radius 2 is 2.11 bits per heavy atom. The molecule has 0 spiro atoms. The third kappa shape index (κ3) is 2.88. The van der Waals surface area contributed by atoms with E-state index < -0.39 is 5.82 Å². The lowest BCUT2D eigenvalue weighted by Crippen LogP contribution is -2.38. The summed E-state index contributed by atoms with van der Waals surface area (Å²) in [5.74, 6) is -0.699. The molecule has 1 aliphatic carbocycles. The van der Waals surface area contributed by atoms with Crippen LogP contribution in [0.3, 0.4) is 0 Å². The molecule has 98 valence electrons. The lowest BCUT2D eigenvalue weighted by molar-refractivity contribution is 0.0880. The minimum atomic E-state index is -0.416. The van der Waals surface area contributed by atoms with Crippen molar-refractivity contribution < 1.29 is 14.3 Å². The van der Waals surface area contributed by atoms with Crippen LogP contribution in [-0.4, -0.2) is 24.2 Å². The maximum atomic E-state index is 13.0. The van der Waals surface area contributed by atoms with E-state index in [0.29, 0.717) is 12.1 Å². The minimum absolute atomic E-state index is 0.0937. The molecule has 0 radical (unpaired) electrons. The van der Waals surface area contributed by atoms with Gasteiger partial charge in [-0.3, -0.25) is 4.79 Å². The van der Waals surface area contributed by atoms with Crippen LogP contribution in [0.4, 0.5) is 4.39 Å². The molecule has 4 heteroatoms. The summed E-state index contributed by atoms with van der Waals surface area (Å²) >= 11 is 0. The van der Waals surface area contributed by atoms with Crippen molar-refractivity contribution in [2.45, 2.75) is 25.7 Å². The number of nitrogens with one attached hydrogen (secondary N) is 1. The van der Waals surface area contributed by atoms with E-state index in [1.807, 2.05) is 0 Å². The monoisotopic (exact) mass is 251 g/mol. The van der Waals surface area contributed by atoms with Gasteiger partial charge < -0.3 is 10.4 Å². The Balaban J connectivity index is 1.96. The summed E-state index contributed by atoms with van der Waals surface area (Å²) in [6, 6.07) is 5.62. The number of aliphatic hydroxyl groups excluding tert-OH is 1. The smallest absolute Gasteiger partial charge is 0.251 e. The molecule has 1 aromatic carbocycles. The summed E-state index contributed by atoms with van der Waals surface area (Å²) in [7, 11) is 0. The van der Waals surface area contributed by atoms with Crippen molar-refractivity contribution in [3.63, 3.8) is 0 Å². The number of hydrogen-bond acceptors (Lipinski definition) is 2.